The van der Waals surface area contributed by atoms with Crippen LogP contribution < -0.4 is 5.32 Å². The number of rotatable bonds is 2. The Morgan fingerprint density at radius 1 is 1.35 bits per heavy atom. The normalized spacial score (nSPS) is 23.0. The summed E-state index contributed by atoms with van der Waals surface area (Å²) < 4.78 is 0. The van der Waals surface area contributed by atoms with E-state index in [-0.39, 0.29) is 5.92 Å². The van der Waals surface area contributed by atoms with Crippen molar-refractivity contribution in [1.29, 1.82) is 0 Å². The lowest BCUT2D eigenvalue weighted by atomic mass is 9.99. The van der Waals surface area contributed by atoms with Crippen LogP contribution in [0.5, 0.6) is 0 Å². The predicted molar refractivity (Wildman–Crippen MR) is 66.6 cm³/mol. The van der Waals surface area contributed by atoms with E-state index in [1.807, 2.05) is 11.9 Å². The summed E-state index contributed by atoms with van der Waals surface area (Å²) in [5, 5.41) is 3.16. The minimum absolute atomic E-state index is 0.202. The van der Waals surface area contributed by atoms with Crippen molar-refractivity contribution in [3.05, 3.63) is 35.4 Å². The van der Waals surface area contributed by atoms with Crippen LogP contribution in [-0.2, 0) is 11.2 Å². The van der Waals surface area contributed by atoms with Crippen molar-refractivity contribution in [2.45, 2.75) is 18.9 Å². The zero-order chi connectivity index (χ0) is 11.8. The Kier molecular flexibility index (Phi) is 2.63. The molecule has 1 aliphatic heterocycles. The van der Waals surface area contributed by atoms with Gasteiger partial charge >= 0.3 is 0 Å². The van der Waals surface area contributed by atoms with E-state index in [9.17, 15) is 4.79 Å². The number of benzene rings is 1. The van der Waals surface area contributed by atoms with Gasteiger partial charge in [-0.25, -0.2) is 0 Å². The first-order valence-electron chi connectivity index (χ1n) is 6.32. The third-order valence-corrected chi connectivity index (χ3v) is 4.05. The Bertz CT molecular complexity index is 440. The molecule has 0 saturated carbocycles. The molecule has 1 amide bonds. The van der Waals surface area contributed by atoms with Crippen molar-refractivity contribution >= 4 is 5.91 Å². The summed E-state index contributed by atoms with van der Waals surface area (Å²) in [6, 6.07) is 8.78. The van der Waals surface area contributed by atoms with Crippen molar-refractivity contribution in [3.8, 4) is 0 Å². The summed E-state index contributed by atoms with van der Waals surface area (Å²) in [6.07, 6.45) is 2.17. The number of fused-ring (bicyclic) bond motifs is 1. The van der Waals surface area contributed by atoms with E-state index in [1.165, 1.54) is 11.1 Å². The van der Waals surface area contributed by atoms with Gasteiger partial charge in [0.2, 0.25) is 5.91 Å². The van der Waals surface area contributed by atoms with Crippen LogP contribution >= 0.6 is 0 Å². The maximum Gasteiger partial charge on any atom is 0.228 e. The van der Waals surface area contributed by atoms with Crippen molar-refractivity contribution in [3.63, 3.8) is 0 Å². The fourth-order valence-corrected chi connectivity index (χ4v) is 2.84. The molecule has 1 aromatic carbocycles. The van der Waals surface area contributed by atoms with Gasteiger partial charge in [0.05, 0.1) is 12.0 Å². The van der Waals surface area contributed by atoms with Crippen molar-refractivity contribution in [2.75, 3.05) is 20.1 Å². The van der Waals surface area contributed by atoms with Crippen LogP contribution in [0.4, 0.5) is 0 Å². The van der Waals surface area contributed by atoms with Crippen LogP contribution in [0, 0.1) is 5.92 Å². The SMILES string of the molecule is CN(C(=O)C1CNC1)C1CCc2ccccc21. The molecule has 90 valence electrons. The number of hydrogen-bond acceptors (Lipinski definition) is 2. The molecule has 1 aromatic rings. The molecule has 1 aliphatic carbocycles. The zero-order valence-electron chi connectivity index (χ0n) is 10.1. The second-order valence-corrected chi connectivity index (χ2v) is 5.06. The molecule has 3 nitrogen and oxygen atoms in total. The predicted octanol–water partition coefficient (Wildman–Crippen LogP) is 1.35. The second kappa shape index (κ2) is 4.15. The Labute approximate surface area is 102 Å². The number of nitrogens with one attached hydrogen (secondary N) is 1. The highest BCUT2D eigenvalue weighted by Gasteiger charge is 2.33. The van der Waals surface area contributed by atoms with Crippen LogP contribution in [0.2, 0.25) is 0 Å². The summed E-state index contributed by atoms with van der Waals surface area (Å²) in [4.78, 5) is 14.2. The Morgan fingerprint density at radius 2 is 2.12 bits per heavy atom. The summed E-state index contributed by atoms with van der Waals surface area (Å²) in [7, 11) is 1.95. The van der Waals surface area contributed by atoms with Crippen LogP contribution in [0.25, 0.3) is 0 Å². The van der Waals surface area contributed by atoms with Gasteiger partial charge in [0.25, 0.3) is 0 Å². The van der Waals surface area contributed by atoms with E-state index in [0.29, 0.717) is 11.9 Å². The van der Waals surface area contributed by atoms with Gasteiger partial charge in [-0.15, -0.1) is 0 Å². The number of carbonyl (C=O) groups is 1. The molecular weight excluding hydrogens is 212 g/mol. The van der Waals surface area contributed by atoms with Crippen LogP contribution in [0.3, 0.4) is 0 Å². The van der Waals surface area contributed by atoms with Gasteiger partial charge in [-0.1, -0.05) is 24.3 Å². The minimum Gasteiger partial charge on any atom is -0.338 e. The molecule has 3 heteroatoms. The molecule has 0 bridgehead atoms. The second-order valence-electron chi connectivity index (χ2n) is 5.06. The van der Waals surface area contributed by atoms with E-state index in [4.69, 9.17) is 0 Å². The van der Waals surface area contributed by atoms with Crippen LogP contribution in [0.1, 0.15) is 23.6 Å². The first-order chi connectivity index (χ1) is 8.27. The van der Waals surface area contributed by atoms with Crippen molar-refractivity contribution in [2.24, 2.45) is 5.92 Å². The molecule has 0 spiro atoms. The lowest BCUT2D eigenvalue weighted by Crippen LogP contribution is -2.51. The van der Waals surface area contributed by atoms with Crippen LogP contribution in [-0.4, -0.2) is 30.9 Å². The number of nitrogens with zero attached hydrogens (tertiary/aromatic N) is 1. The molecule has 1 unspecified atom stereocenters. The minimum atomic E-state index is 0.202. The number of amides is 1. The van der Waals surface area contributed by atoms with Gasteiger partial charge in [0.15, 0.2) is 0 Å². The standard InChI is InChI=1S/C14H18N2O/c1-16(14(17)11-8-15-9-11)13-7-6-10-4-2-3-5-12(10)13/h2-5,11,13,15H,6-9H2,1H3. The molecule has 0 aromatic heterocycles. The Balaban J connectivity index is 1.79. The fraction of sp³-hybridized carbons (Fsp3) is 0.500. The molecule has 0 radical (unpaired) electrons. The van der Waals surface area contributed by atoms with E-state index in [2.05, 4.69) is 29.6 Å². The van der Waals surface area contributed by atoms with Gasteiger partial charge < -0.3 is 10.2 Å². The van der Waals surface area contributed by atoms with Gasteiger partial charge in [0, 0.05) is 20.1 Å². The van der Waals surface area contributed by atoms with Gasteiger partial charge in [-0.05, 0) is 24.0 Å². The zero-order valence-corrected chi connectivity index (χ0v) is 10.1. The number of carbonyl (C=O) groups excluding carboxylic acids is 1. The molecule has 1 fully saturated rings. The third kappa shape index (κ3) is 1.75. The Morgan fingerprint density at radius 3 is 2.82 bits per heavy atom. The largest absolute Gasteiger partial charge is 0.338 e. The highest BCUT2D eigenvalue weighted by atomic mass is 16.2. The van der Waals surface area contributed by atoms with E-state index in [0.717, 1.165) is 25.9 Å². The maximum absolute atomic E-state index is 12.2. The molecular formula is C14H18N2O. The summed E-state index contributed by atoms with van der Waals surface area (Å²) in [5.41, 5.74) is 2.75. The smallest absolute Gasteiger partial charge is 0.228 e. The summed E-state index contributed by atoms with van der Waals surface area (Å²) in [6.45, 7) is 1.69. The monoisotopic (exact) mass is 230 g/mol. The first-order valence-corrected chi connectivity index (χ1v) is 6.32. The topological polar surface area (TPSA) is 32.3 Å². The maximum atomic E-state index is 12.2. The van der Waals surface area contributed by atoms with Crippen LogP contribution in [0.15, 0.2) is 24.3 Å². The van der Waals surface area contributed by atoms with Gasteiger partial charge in [0.1, 0.15) is 0 Å². The molecule has 17 heavy (non-hydrogen) atoms. The third-order valence-electron chi connectivity index (χ3n) is 4.05. The van der Waals surface area contributed by atoms with E-state index >= 15 is 0 Å². The molecule has 1 heterocycles. The lowest BCUT2D eigenvalue weighted by Gasteiger charge is -2.33. The summed E-state index contributed by atoms with van der Waals surface area (Å²) in [5.74, 6) is 0.498. The first kappa shape index (κ1) is 10.8. The molecule has 2 aliphatic rings. The molecule has 1 atom stereocenters. The van der Waals surface area contributed by atoms with E-state index < -0.39 is 0 Å². The van der Waals surface area contributed by atoms with Gasteiger partial charge in [-0.2, -0.15) is 0 Å². The lowest BCUT2D eigenvalue weighted by molar-refractivity contribution is -0.138. The average molecular weight is 230 g/mol. The highest BCUT2D eigenvalue weighted by molar-refractivity contribution is 5.80. The molecule has 1 N–H and O–H groups in total. The number of hydrogen-bond donors (Lipinski definition) is 1. The quantitative estimate of drug-likeness (QED) is 0.832. The average Bonchev–Trinajstić information content (AvgIpc) is 2.69. The number of aryl methyl sites for hydroxylation is 1. The highest BCUT2D eigenvalue weighted by Crippen LogP contribution is 2.35. The van der Waals surface area contributed by atoms with E-state index in [1.54, 1.807) is 0 Å². The molecule has 1 saturated heterocycles. The van der Waals surface area contributed by atoms with Crippen molar-refractivity contribution < 1.29 is 4.79 Å². The Hall–Kier alpha value is -1.35. The van der Waals surface area contributed by atoms with Gasteiger partial charge in [-0.3, -0.25) is 4.79 Å². The fourth-order valence-electron chi connectivity index (χ4n) is 2.84. The van der Waals surface area contributed by atoms with Crippen molar-refractivity contribution in [1.82, 2.24) is 10.2 Å². The molecule has 3 rings (SSSR count). The summed E-state index contributed by atoms with van der Waals surface area (Å²) >= 11 is 0.